The summed E-state index contributed by atoms with van der Waals surface area (Å²) >= 11 is 0. The zero-order chi connectivity index (χ0) is 24.9. The van der Waals surface area contributed by atoms with E-state index in [4.69, 9.17) is 4.74 Å². The van der Waals surface area contributed by atoms with Crippen LogP contribution in [-0.2, 0) is 0 Å². The van der Waals surface area contributed by atoms with E-state index in [9.17, 15) is 4.79 Å². The normalized spacial score (nSPS) is 13.9. The number of benzene rings is 2. The molecular weight excluding hydrogens is 452 g/mol. The van der Waals surface area contributed by atoms with E-state index in [-0.39, 0.29) is 5.91 Å². The number of fused-ring (bicyclic) bond motifs is 1. The Morgan fingerprint density at radius 2 is 2.00 bits per heavy atom. The van der Waals surface area contributed by atoms with Crippen molar-refractivity contribution in [2.45, 2.75) is 13.3 Å². The predicted molar refractivity (Wildman–Crippen MR) is 143 cm³/mol. The highest BCUT2D eigenvalue weighted by atomic mass is 16.5. The second-order valence-corrected chi connectivity index (χ2v) is 8.49. The van der Waals surface area contributed by atoms with Crippen molar-refractivity contribution in [3.63, 3.8) is 0 Å². The lowest BCUT2D eigenvalue weighted by molar-refractivity contribution is 0.102. The highest BCUT2D eigenvalue weighted by Crippen LogP contribution is 2.25. The third-order valence-corrected chi connectivity index (χ3v) is 5.98. The van der Waals surface area contributed by atoms with Crippen LogP contribution < -0.4 is 15.0 Å². The van der Waals surface area contributed by atoms with Gasteiger partial charge in [0.25, 0.3) is 5.91 Å². The molecule has 2 aromatic heterocycles. The first-order valence-electron chi connectivity index (χ1n) is 11.7. The van der Waals surface area contributed by atoms with Crippen LogP contribution in [0.15, 0.2) is 89.9 Å². The van der Waals surface area contributed by atoms with Crippen LogP contribution in [0.5, 0.6) is 5.75 Å². The number of allylic oxidation sites excluding steroid dienone is 2. The number of hydrogen-bond donors (Lipinski definition) is 2. The molecule has 0 bridgehead atoms. The van der Waals surface area contributed by atoms with Crippen LogP contribution in [0.3, 0.4) is 0 Å². The van der Waals surface area contributed by atoms with Crippen molar-refractivity contribution in [1.82, 2.24) is 15.2 Å². The summed E-state index contributed by atoms with van der Waals surface area (Å²) in [6, 6.07) is 19.1. The van der Waals surface area contributed by atoms with Gasteiger partial charge in [0.1, 0.15) is 17.3 Å². The summed E-state index contributed by atoms with van der Waals surface area (Å²) in [4.78, 5) is 23.5. The van der Waals surface area contributed by atoms with Crippen LogP contribution in [0.2, 0.25) is 0 Å². The van der Waals surface area contributed by atoms with Gasteiger partial charge in [0.2, 0.25) is 0 Å². The number of H-pyrrole nitrogens is 1. The molecule has 4 aromatic rings. The van der Waals surface area contributed by atoms with Crippen LogP contribution >= 0.6 is 0 Å². The number of carbonyl (C=O) groups is 1. The standard InChI is InChI=1S/C28H26N6O2/c1-19(15-23(18-29-2)36-22-7-4-3-5-8-22)20-9-11-25-24(16-20)27(33-32-25)28(35)31-21-10-12-26(30-17-21)34-13-6-14-34/h3-5,7-12,15-18H,2,6,13-14H2,1H3,(H,31,35)(H,32,33)/b19-15+,23-18+. The number of para-hydroxylation sites is 1. The minimum atomic E-state index is -0.303. The number of aliphatic imine (C=N–C) groups is 1. The van der Waals surface area contributed by atoms with Crippen molar-refractivity contribution in [3.8, 4) is 5.75 Å². The van der Waals surface area contributed by atoms with E-state index in [2.05, 4.69) is 37.1 Å². The van der Waals surface area contributed by atoms with E-state index in [1.807, 2.05) is 73.7 Å². The Morgan fingerprint density at radius 1 is 1.17 bits per heavy atom. The Hall–Kier alpha value is -4.72. The van der Waals surface area contributed by atoms with E-state index in [0.29, 0.717) is 22.9 Å². The van der Waals surface area contributed by atoms with Crippen molar-refractivity contribution in [3.05, 3.63) is 96.2 Å². The lowest BCUT2D eigenvalue weighted by Gasteiger charge is -2.31. The van der Waals surface area contributed by atoms with Gasteiger partial charge in [-0.3, -0.25) is 14.9 Å². The molecule has 0 atom stereocenters. The molecule has 1 aliphatic heterocycles. The lowest BCUT2D eigenvalue weighted by Crippen LogP contribution is -2.37. The Labute approximate surface area is 209 Å². The number of aromatic amines is 1. The molecule has 0 radical (unpaired) electrons. The molecule has 0 saturated carbocycles. The third-order valence-electron chi connectivity index (χ3n) is 5.98. The monoisotopic (exact) mass is 478 g/mol. The number of anilines is 2. The number of ether oxygens (including phenoxy) is 1. The minimum Gasteiger partial charge on any atom is -0.456 e. The number of amides is 1. The van der Waals surface area contributed by atoms with E-state index in [0.717, 1.165) is 40.9 Å². The van der Waals surface area contributed by atoms with Gasteiger partial charge in [0, 0.05) is 18.5 Å². The van der Waals surface area contributed by atoms with E-state index in [1.54, 1.807) is 12.4 Å². The van der Waals surface area contributed by atoms with Crippen molar-refractivity contribution in [2.24, 2.45) is 4.99 Å². The Kier molecular flexibility index (Phi) is 6.57. The van der Waals surface area contributed by atoms with Crippen LogP contribution in [-0.4, -0.2) is 40.9 Å². The summed E-state index contributed by atoms with van der Waals surface area (Å²) in [7, 11) is 0. The Balaban J connectivity index is 1.36. The maximum Gasteiger partial charge on any atom is 0.276 e. The predicted octanol–water partition coefficient (Wildman–Crippen LogP) is 5.44. The highest BCUT2D eigenvalue weighted by molar-refractivity contribution is 6.11. The molecule has 0 spiro atoms. The average molecular weight is 479 g/mol. The number of rotatable bonds is 8. The second-order valence-electron chi connectivity index (χ2n) is 8.49. The van der Waals surface area contributed by atoms with Crippen molar-refractivity contribution in [2.75, 3.05) is 23.3 Å². The van der Waals surface area contributed by atoms with Crippen LogP contribution in [0.4, 0.5) is 11.5 Å². The number of carbonyl (C=O) groups excluding carboxylic acids is 1. The summed E-state index contributed by atoms with van der Waals surface area (Å²) < 4.78 is 5.94. The fourth-order valence-corrected chi connectivity index (χ4v) is 3.92. The molecular formula is C28H26N6O2. The number of nitrogens with zero attached hydrogens (tertiary/aromatic N) is 4. The molecule has 1 aliphatic rings. The van der Waals surface area contributed by atoms with Gasteiger partial charge in [-0.25, -0.2) is 4.98 Å². The quantitative estimate of drug-likeness (QED) is 0.200. The number of nitrogens with one attached hydrogen (secondary N) is 2. The molecule has 2 aromatic carbocycles. The number of hydrogen-bond acceptors (Lipinski definition) is 6. The first-order valence-corrected chi connectivity index (χ1v) is 11.7. The second kappa shape index (κ2) is 10.3. The van der Waals surface area contributed by atoms with Crippen LogP contribution in [0.1, 0.15) is 29.4 Å². The number of pyridine rings is 1. The summed E-state index contributed by atoms with van der Waals surface area (Å²) in [5, 5.41) is 10.8. The fourth-order valence-electron chi connectivity index (χ4n) is 3.92. The average Bonchev–Trinajstić information content (AvgIpc) is 3.28. The molecule has 3 heterocycles. The van der Waals surface area contributed by atoms with Crippen LogP contribution in [0.25, 0.3) is 16.5 Å². The zero-order valence-corrected chi connectivity index (χ0v) is 19.9. The van der Waals surface area contributed by atoms with E-state index >= 15 is 0 Å². The van der Waals surface area contributed by atoms with Gasteiger partial charge >= 0.3 is 0 Å². The molecule has 8 nitrogen and oxygen atoms in total. The molecule has 0 unspecified atom stereocenters. The molecule has 1 amide bonds. The van der Waals surface area contributed by atoms with Gasteiger partial charge in [-0.1, -0.05) is 24.3 Å². The van der Waals surface area contributed by atoms with Gasteiger partial charge in [-0.05, 0) is 73.7 Å². The molecule has 180 valence electrons. The Bertz CT molecular complexity index is 1450. The molecule has 1 fully saturated rings. The summed E-state index contributed by atoms with van der Waals surface area (Å²) in [5.74, 6) is 1.87. The maximum atomic E-state index is 13.0. The van der Waals surface area contributed by atoms with Crippen molar-refractivity contribution >= 4 is 40.6 Å². The van der Waals surface area contributed by atoms with Gasteiger partial charge in [-0.15, -0.1) is 0 Å². The maximum absolute atomic E-state index is 13.0. The molecule has 36 heavy (non-hydrogen) atoms. The first kappa shape index (κ1) is 23.0. The summed E-state index contributed by atoms with van der Waals surface area (Å²) in [6.07, 6.45) is 6.31. The van der Waals surface area contributed by atoms with E-state index in [1.165, 1.54) is 6.42 Å². The summed E-state index contributed by atoms with van der Waals surface area (Å²) in [5.41, 5.74) is 3.56. The molecule has 2 N–H and O–H groups in total. The molecule has 8 heteroatoms. The fraction of sp³-hybridized carbons (Fsp3) is 0.143. The Morgan fingerprint density at radius 3 is 2.69 bits per heavy atom. The van der Waals surface area contributed by atoms with Gasteiger partial charge in [-0.2, -0.15) is 5.10 Å². The molecule has 0 aliphatic carbocycles. The molecule has 1 saturated heterocycles. The topological polar surface area (TPSA) is 95.5 Å². The van der Waals surface area contributed by atoms with Crippen molar-refractivity contribution < 1.29 is 9.53 Å². The third kappa shape index (κ3) is 5.02. The molecule has 5 rings (SSSR count). The first-order chi connectivity index (χ1) is 17.6. The SMILES string of the molecule is C=N/C=C(\C=C(/C)c1ccc2[nH]nc(C(=O)Nc3ccc(N4CCC4)nc3)c2c1)Oc1ccccc1. The van der Waals surface area contributed by atoms with Crippen LogP contribution in [0, 0.1) is 0 Å². The smallest absolute Gasteiger partial charge is 0.276 e. The van der Waals surface area contributed by atoms with Crippen molar-refractivity contribution in [1.29, 1.82) is 0 Å². The zero-order valence-electron chi connectivity index (χ0n) is 19.9. The highest BCUT2D eigenvalue weighted by Gasteiger charge is 2.17. The van der Waals surface area contributed by atoms with Gasteiger partial charge < -0.3 is 15.0 Å². The van der Waals surface area contributed by atoms with Gasteiger partial charge in [0.05, 0.1) is 23.6 Å². The number of aromatic nitrogens is 3. The van der Waals surface area contributed by atoms with E-state index < -0.39 is 0 Å². The summed E-state index contributed by atoms with van der Waals surface area (Å²) in [6.45, 7) is 7.56. The van der Waals surface area contributed by atoms with Gasteiger partial charge in [0.15, 0.2) is 5.69 Å². The largest absolute Gasteiger partial charge is 0.456 e. The minimum absolute atomic E-state index is 0.303. The lowest BCUT2D eigenvalue weighted by atomic mass is 10.0.